The number of carbonyl (C=O) groups is 1. The van der Waals surface area contributed by atoms with E-state index < -0.39 is 5.97 Å². The molecule has 0 bridgehead atoms. The van der Waals surface area contributed by atoms with Gasteiger partial charge >= 0.3 is 5.97 Å². The van der Waals surface area contributed by atoms with E-state index in [2.05, 4.69) is 20.8 Å². The number of hydrogen-bond acceptors (Lipinski definition) is 2. The first-order chi connectivity index (χ1) is 8.28. The van der Waals surface area contributed by atoms with Gasteiger partial charge in [-0.1, -0.05) is 32.4 Å². The number of nitrogens with zero attached hydrogens (tertiary/aromatic N) is 1. The van der Waals surface area contributed by atoms with E-state index >= 15 is 0 Å². The molecule has 0 unspecified atom stereocenters. The average molecular weight is 270 g/mol. The second-order valence-corrected chi connectivity index (χ2v) is 6.04. The van der Waals surface area contributed by atoms with E-state index in [-0.39, 0.29) is 12.0 Å². The molecule has 100 valence electrons. The Morgan fingerprint density at radius 3 is 2.28 bits per heavy atom. The topological polar surface area (TPSA) is 40.5 Å². The highest BCUT2D eigenvalue weighted by Crippen LogP contribution is 2.23. The van der Waals surface area contributed by atoms with E-state index in [0.717, 1.165) is 18.7 Å². The van der Waals surface area contributed by atoms with Crippen molar-refractivity contribution >= 4 is 23.3 Å². The van der Waals surface area contributed by atoms with Gasteiger partial charge in [-0.05, 0) is 36.1 Å². The summed E-state index contributed by atoms with van der Waals surface area (Å²) in [6, 6.07) is 7.27. The monoisotopic (exact) mass is 269 g/mol. The summed E-state index contributed by atoms with van der Waals surface area (Å²) in [6.45, 7) is 7.17. The zero-order chi connectivity index (χ0) is 13.8. The van der Waals surface area contributed by atoms with Crippen LogP contribution in [0.1, 0.15) is 27.2 Å². The molecule has 1 aromatic rings. The van der Waals surface area contributed by atoms with Crippen molar-refractivity contribution in [2.75, 3.05) is 18.0 Å². The number of benzene rings is 1. The molecular weight excluding hydrogens is 250 g/mol. The number of carboxylic acids is 1. The third-order valence-corrected chi connectivity index (χ3v) is 2.90. The van der Waals surface area contributed by atoms with Crippen LogP contribution in [0.25, 0.3) is 0 Å². The van der Waals surface area contributed by atoms with Crippen LogP contribution in [0.3, 0.4) is 0 Å². The quantitative estimate of drug-likeness (QED) is 0.887. The van der Waals surface area contributed by atoms with Crippen molar-refractivity contribution in [3.63, 3.8) is 0 Å². The Morgan fingerprint density at radius 1 is 1.28 bits per heavy atom. The third kappa shape index (κ3) is 5.41. The lowest BCUT2D eigenvalue weighted by Crippen LogP contribution is -2.32. The van der Waals surface area contributed by atoms with Gasteiger partial charge in [0, 0.05) is 17.3 Å². The molecule has 0 saturated heterocycles. The lowest BCUT2D eigenvalue weighted by molar-refractivity contribution is -0.135. The summed E-state index contributed by atoms with van der Waals surface area (Å²) < 4.78 is 0. The molecule has 1 rings (SSSR count). The van der Waals surface area contributed by atoms with E-state index in [1.807, 2.05) is 17.0 Å². The minimum absolute atomic E-state index is 0.0116. The molecule has 0 fully saturated rings. The minimum atomic E-state index is -0.821. The fraction of sp³-hybridized carbons (Fsp3) is 0.500. The van der Waals surface area contributed by atoms with Gasteiger partial charge in [0.05, 0.1) is 0 Å². The van der Waals surface area contributed by atoms with Crippen LogP contribution >= 0.6 is 11.6 Å². The van der Waals surface area contributed by atoms with E-state index in [1.165, 1.54) is 0 Å². The van der Waals surface area contributed by atoms with Crippen molar-refractivity contribution in [2.24, 2.45) is 5.41 Å². The van der Waals surface area contributed by atoms with Gasteiger partial charge in [-0.2, -0.15) is 0 Å². The van der Waals surface area contributed by atoms with Crippen LogP contribution in [0.5, 0.6) is 0 Å². The van der Waals surface area contributed by atoms with E-state index in [9.17, 15) is 4.79 Å². The van der Waals surface area contributed by atoms with Gasteiger partial charge in [0.2, 0.25) is 0 Å². The molecule has 18 heavy (non-hydrogen) atoms. The van der Waals surface area contributed by atoms with E-state index in [4.69, 9.17) is 16.7 Å². The van der Waals surface area contributed by atoms with Crippen LogP contribution in [0.2, 0.25) is 5.02 Å². The number of aliphatic carboxylic acids is 1. The smallest absolute Gasteiger partial charge is 0.323 e. The Hall–Kier alpha value is -1.22. The zero-order valence-corrected chi connectivity index (χ0v) is 11.9. The second kappa shape index (κ2) is 6.10. The summed E-state index contributed by atoms with van der Waals surface area (Å²) in [5.41, 5.74) is 1.08. The normalized spacial score (nSPS) is 11.3. The first-order valence-corrected chi connectivity index (χ1v) is 6.38. The van der Waals surface area contributed by atoms with Gasteiger partial charge in [-0.25, -0.2) is 0 Å². The molecule has 0 radical (unpaired) electrons. The predicted octanol–water partition coefficient (Wildman–Crippen LogP) is 3.67. The largest absolute Gasteiger partial charge is 0.480 e. The van der Waals surface area contributed by atoms with Crippen LogP contribution in [-0.4, -0.2) is 24.2 Å². The lowest BCUT2D eigenvalue weighted by atomic mass is 9.92. The fourth-order valence-electron chi connectivity index (χ4n) is 1.58. The van der Waals surface area contributed by atoms with Crippen molar-refractivity contribution in [3.05, 3.63) is 29.3 Å². The molecule has 3 nitrogen and oxygen atoms in total. The fourth-order valence-corrected chi connectivity index (χ4v) is 1.71. The Kier molecular flexibility index (Phi) is 5.03. The summed E-state index contributed by atoms with van der Waals surface area (Å²) in [5.74, 6) is -0.821. The predicted molar refractivity (Wildman–Crippen MR) is 75.4 cm³/mol. The van der Waals surface area contributed by atoms with Gasteiger partial charge in [0.15, 0.2) is 0 Å². The summed E-state index contributed by atoms with van der Waals surface area (Å²) >= 11 is 5.84. The Bertz CT molecular complexity index is 395. The molecule has 0 saturated carbocycles. The van der Waals surface area contributed by atoms with Gasteiger partial charge in [-0.15, -0.1) is 0 Å². The Morgan fingerprint density at radius 2 is 1.83 bits per heavy atom. The number of hydrogen-bond donors (Lipinski definition) is 1. The maximum atomic E-state index is 10.9. The summed E-state index contributed by atoms with van der Waals surface area (Å²) in [6.07, 6.45) is 0.933. The highest BCUT2D eigenvalue weighted by molar-refractivity contribution is 6.30. The number of carboxylic acid groups (broad SMARTS) is 1. The summed E-state index contributed by atoms with van der Waals surface area (Å²) in [7, 11) is 0. The number of halogens is 1. The van der Waals surface area contributed by atoms with Gasteiger partial charge in [-0.3, -0.25) is 4.79 Å². The molecule has 4 heteroatoms. The van der Waals surface area contributed by atoms with Crippen LogP contribution in [-0.2, 0) is 4.79 Å². The molecule has 0 spiro atoms. The standard InChI is InChI=1S/C14H20ClNO2/c1-14(2,3)8-9-16(10-13(17)18)12-6-4-11(15)5-7-12/h4-7H,8-10H2,1-3H3,(H,17,18). The summed E-state index contributed by atoms with van der Waals surface area (Å²) in [5, 5.41) is 9.62. The van der Waals surface area contributed by atoms with Gasteiger partial charge in [0.25, 0.3) is 0 Å². The molecule has 0 heterocycles. The van der Waals surface area contributed by atoms with Crippen molar-refractivity contribution in [1.82, 2.24) is 0 Å². The van der Waals surface area contributed by atoms with Crippen molar-refractivity contribution < 1.29 is 9.90 Å². The van der Waals surface area contributed by atoms with Crippen LogP contribution in [0.15, 0.2) is 24.3 Å². The molecule has 0 aliphatic carbocycles. The number of rotatable bonds is 5. The van der Waals surface area contributed by atoms with Crippen LogP contribution in [0.4, 0.5) is 5.69 Å². The van der Waals surface area contributed by atoms with Crippen LogP contribution in [0, 0.1) is 5.41 Å². The molecule has 0 atom stereocenters. The molecule has 1 N–H and O–H groups in total. The Balaban J connectivity index is 2.77. The van der Waals surface area contributed by atoms with Gasteiger partial charge < -0.3 is 10.0 Å². The van der Waals surface area contributed by atoms with Crippen molar-refractivity contribution in [2.45, 2.75) is 27.2 Å². The maximum Gasteiger partial charge on any atom is 0.323 e. The van der Waals surface area contributed by atoms with Crippen molar-refractivity contribution in [3.8, 4) is 0 Å². The van der Waals surface area contributed by atoms with Crippen LogP contribution < -0.4 is 4.90 Å². The molecule has 0 amide bonds. The first-order valence-electron chi connectivity index (χ1n) is 6.00. The second-order valence-electron chi connectivity index (χ2n) is 5.60. The summed E-state index contributed by atoms with van der Waals surface area (Å²) in [4.78, 5) is 12.8. The molecular formula is C14H20ClNO2. The van der Waals surface area contributed by atoms with E-state index in [0.29, 0.717) is 5.02 Å². The Labute approximate surface area is 113 Å². The molecule has 0 aliphatic rings. The molecule has 1 aromatic carbocycles. The number of anilines is 1. The molecule has 0 aliphatic heterocycles. The SMILES string of the molecule is CC(C)(C)CCN(CC(=O)O)c1ccc(Cl)cc1. The first kappa shape index (κ1) is 14.8. The van der Waals surface area contributed by atoms with Crippen molar-refractivity contribution in [1.29, 1.82) is 0 Å². The van der Waals surface area contributed by atoms with E-state index in [1.54, 1.807) is 12.1 Å². The lowest BCUT2D eigenvalue weighted by Gasteiger charge is -2.27. The van der Waals surface area contributed by atoms with Gasteiger partial charge in [0.1, 0.15) is 6.54 Å². The minimum Gasteiger partial charge on any atom is -0.480 e. The maximum absolute atomic E-state index is 10.9. The average Bonchev–Trinajstić information content (AvgIpc) is 2.24. The highest BCUT2D eigenvalue weighted by atomic mass is 35.5. The third-order valence-electron chi connectivity index (χ3n) is 2.65. The zero-order valence-electron chi connectivity index (χ0n) is 11.1. The highest BCUT2D eigenvalue weighted by Gasteiger charge is 2.15. The molecule has 0 aromatic heterocycles.